The van der Waals surface area contributed by atoms with E-state index in [-0.39, 0.29) is 42.5 Å². The molecule has 0 bridgehead atoms. The lowest BCUT2D eigenvalue weighted by Crippen LogP contribution is -3.00. The number of anilines is 1. The summed E-state index contributed by atoms with van der Waals surface area (Å²) in [6, 6.07) is 17.1. The van der Waals surface area contributed by atoms with Crippen molar-refractivity contribution in [1.82, 2.24) is 5.06 Å². The number of fused-ring (bicyclic) bond motifs is 2. The summed E-state index contributed by atoms with van der Waals surface area (Å²) < 4.78 is 2.28. The predicted octanol–water partition coefficient (Wildman–Crippen LogP) is 3.66. The Morgan fingerprint density at radius 1 is 0.864 bits per heavy atom. The Labute approximate surface area is 266 Å². The van der Waals surface area contributed by atoms with Crippen LogP contribution in [-0.4, -0.2) is 46.7 Å². The first-order valence-electron chi connectivity index (χ1n) is 15.2. The second-order valence-corrected chi connectivity index (χ2v) is 12.5. The molecule has 5 rings (SSSR count). The van der Waals surface area contributed by atoms with Crippen LogP contribution in [-0.2, 0) is 30.1 Å². The average molecular weight is 616 g/mol. The number of amides is 2. The Morgan fingerprint density at radius 2 is 1.52 bits per heavy atom. The Morgan fingerprint density at radius 3 is 2.23 bits per heavy atom. The van der Waals surface area contributed by atoms with Gasteiger partial charge in [0.2, 0.25) is 5.69 Å². The summed E-state index contributed by atoms with van der Waals surface area (Å²) in [5.74, 6) is -1.43. The number of halogens is 1. The predicted molar refractivity (Wildman–Crippen MR) is 169 cm³/mol. The second kappa shape index (κ2) is 13.3. The topological polar surface area (TPSA) is 69.9 Å². The molecule has 0 aromatic heterocycles. The highest BCUT2D eigenvalue weighted by Crippen LogP contribution is 2.47. The van der Waals surface area contributed by atoms with Crippen LogP contribution in [0, 0.1) is 0 Å². The Kier molecular flexibility index (Phi) is 9.99. The van der Waals surface area contributed by atoms with Gasteiger partial charge in [0.05, 0.1) is 5.41 Å². The molecule has 7 nitrogen and oxygen atoms in total. The van der Waals surface area contributed by atoms with Gasteiger partial charge in [0.25, 0.3) is 11.8 Å². The van der Waals surface area contributed by atoms with Gasteiger partial charge in [0, 0.05) is 60.3 Å². The smallest absolute Gasteiger partial charge is 0.333 e. The fourth-order valence-electron chi connectivity index (χ4n) is 6.56. The number of unbranched alkanes of at least 4 members (excludes halogenated alkanes) is 2. The van der Waals surface area contributed by atoms with Crippen LogP contribution in [0.3, 0.4) is 0 Å². The van der Waals surface area contributed by atoms with Gasteiger partial charge in [0.1, 0.15) is 7.05 Å². The van der Waals surface area contributed by atoms with Crippen molar-refractivity contribution in [2.75, 3.05) is 18.5 Å². The fourth-order valence-corrected chi connectivity index (χ4v) is 6.56. The van der Waals surface area contributed by atoms with Crippen molar-refractivity contribution in [3.8, 4) is 0 Å². The first kappa shape index (κ1) is 32.9. The van der Waals surface area contributed by atoms with Gasteiger partial charge in [-0.3, -0.25) is 9.59 Å². The Bertz CT molecular complexity index is 1550. The molecule has 0 N–H and O–H groups in total. The van der Waals surface area contributed by atoms with Gasteiger partial charge < -0.3 is 22.1 Å². The van der Waals surface area contributed by atoms with Crippen molar-refractivity contribution in [3.63, 3.8) is 0 Å². The van der Waals surface area contributed by atoms with Crippen molar-refractivity contribution in [1.29, 1.82) is 0 Å². The number of rotatable bonds is 10. The normalized spacial score (nSPS) is 19.3. The zero-order valence-corrected chi connectivity index (χ0v) is 27.1. The lowest BCUT2D eigenvalue weighted by atomic mass is 9.81. The molecule has 2 aromatic carbocycles. The van der Waals surface area contributed by atoms with Gasteiger partial charge in [-0.15, -0.1) is 5.06 Å². The maximum Gasteiger partial charge on any atom is 0.333 e. The number of nitrogens with zero attached hydrogens (tertiary/aromatic N) is 3. The molecular formula is C36H42ClN3O4. The first-order chi connectivity index (χ1) is 20.5. The summed E-state index contributed by atoms with van der Waals surface area (Å²) in [6.07, 6.45) is 13.5. The van der Waals surface area contributed by atoms with E-state index in [9.17, 15) is 14.4 Å². The third-order valence-electron chi connectivity index (χ3n) is 8.93. The van der Waals surface area contributed by atoms with E-state index in [4.69, 9.17) is 4.84 Å². The van der Waals surface area contributed by atoms with E-state index in [1.807, 2.05) is 0 Å². The minimum atomic E-state index is -0.538. The van der Waals surface area contributed by atoms with Crippen molar-refractivity contribution in [2.45, 2.75) is 77.0 Å². The zero-order chi connectivity index (χ0) is 30.8. The maximum absolute atomic E-state index is 12.2. The number of carbonyl (C=O) groups is 3. The molecule has 0 radical (unpaired) electrons. The molecular weight excluding hydrogens is 574 g/mol. The Hall–Kier alpha value is -3.97. The van der Waals surface area contributed by atoms with E-state index in [0.29, 0.717) is 11.5 Å². The SMILES string of the molecule is C[N+]1=C(/C=C/C=C/C=C2\N(CCCCCC(=O)ON3C(=O)CCC3=O)c3ccccc3C2(C)C)C(C)(C)c2ccccc21.[Cl-]. The first-order valence-corrected chi connectivity index (χ1v) is 15.2. The number of hydrogen-bond acceptors (Lipinski definition) is 5. The van der Waals surface area contributed by atoms with E-state index >= 15 is 0 Å². The maximum atomic E-state index is 12.2. The summed E-state index contributed by atoms with van der Waals surface area (Å²) in [5.41, 5.74) is 7.43. The summed E-state index contributed by atoms with van der Waals surface area (Å²) in [4.78, 5) is 42.9. The number of benzene rings is 2. The highest BCUT2D eigenvalue weighted by atomic mass is 35.5. The van der Waals surface area contributed by atoms with E-state index in [1.54, 1.807) is 0 Å². The van der Waals surface area contributed by atoms with Crippen molar-refractivity contribution in [2.24, 2.45) is 0 Å². The van der Waals surface area contributed by atoms with Gasteiger partial charge in [-0.25, -0.2) is 4.79 Å². The van der Waals surface area contributed by atoms with Crippen molar-refractivity contribution >= 4 is 34.9 Å². The molecule has 8 heteroatoms. The zero-order valence-electron chi connectivity index (χ0n) is 26.3. The highest BCUT2D eigenvalue weighted by molar-refractivity contribution is 6.03. The molecule has 3 aliphatic rings. The molecule has 3 aliphatic heterocycles. The molecule has 2 aromatic rings. The van der Waals surface area contributed by atoms with Crippen molar-refractivity contribution in [3.05, 3.63) is 95.7 Å². The van der Waals surface area contributed by atoms with Crippen LogP contribution in [0.5, 0.6) is 0 Å². The second-order valence-electron chi connectivity index (χ2n) is 12.5. The van der Waals surface area contributed by atoms with Gasteiger partial charge in [-0.1, -0.05) is 74.9 Å². The number of imide groups is 1. The molecule has 2 amide bonds. The number of hydrogen-bond donors (Lipinski definition) is 0. The van der Waals surface area contributed by atoms with Gasteiger partial charge in [-0.05, 0) is 44.4 Å². The largest absolute Gasteiger partial charge is 1.00 e. The molecule has 1 fully saturated rings. The Balaban J connectivity index is 0.00000442. The van der Waals surface area contributed by atoms with Crippen LogP contribution in [0.4, 0.5) is 11.4 Å². The number of hydroxylamine groups is 2. The molecule has 0 atom stereocenters. The monoisotopic (exact) mass is 615 g/mol. The molecule has 0 aliphatic carbocycles. The van der Waals surface area contributed by atoms with Crippen LogP contribution < -0.4 is 17.3 Å². The standard InChI is InChI=1S/C36H42N3O4.ClH/c1-35(2)26-16-11-13-18-28(26)37(5)30(35)20-8-6-9-21-31-36(3,4)27-17-12-14-19-29(27)38(31)25-15-7-10-22-34(42)43-39-32(40)23-24-33(39)41;/h6,8-9,11-14,16-21H,7,10,15,22-25H2,1-5H3;1H/q+1;/p-1. The van der Waals surface area contributed by atoms with E-state index in [2.05, 4.69) is 123 Å². The van der Waals surface area contributed by atoms with Crippen LogP contribution in [0.15, 0.2) is 84.6 Å². The van der Waals surface area contributed by atoms with Crippen LogP contribution in [0.1, 0.15) is 77.3 Å². The molecule has 0 saturated carbocycles. The minimum Gasteiger partial charge on any atom is -1.00 e. The van der Waals surface area contributed by atoms with Crippen LogP contribution >= 0.6 is 0 Å². The molecule has 232 valence electrons. The summed E-state index contributed by atoms with van der Waals surface area (Å²) in [5, 5.41) is 0.621. The van der Waals surface area contributed by atoms with Gasteiger partial charge in [0.15, 0.2) is 5.71 Å². The lowest BCUT2D eigenvalue weighted by Gasteiger charge is -2.27. The third-order valence-corrected chi connectivity index (χ3v) is 8.93. The third kappa shape index (κ3) is 6.29. The summed E-state index contributed by atoms with van der Waals surface area (Å²) in [6.45, 7) is 9.90. The quantitative estimate of drug-likeness (QED) is 0.177. The molecule has 0 unspecified atom stereocenters. The summed E-state index contributed by atoms with van der Waals surface area (Å²) in [7, 11) is 2.13. The minimum absolute atomic E-state index is 0. The van der Waals surface area contributed by atoms with Gasteiger partial charge >= 0.3 is 5.97 Å². The van der Waals surface area contributed by atoms with Gasteiger partial charge in [-0.2, -0.15) is 4.58 Å². The van der Waals surface area contributed by atoms with E-state index in [1.165, 1.54) is 33.9 Å². The number of allylic oxidation sites excluding steroid dienone is 6. The number of carbonyl (C=O) groups excluding carboxylic acids is 3. The van der Waals surface area contributed by atoms with Crippen molar-refractivity contribution < 1.29 is 36.2 Å². The number of para-hydroxylation sites is 2. The fraction of sp³-hybridized carbons (Fsp3) is 0.389. The molecule has 1 saturated heterocycles. The van der Waals surface area contributed by atoms with E-state index < -0.39 is 17.8 Å². The average Bonchev–Trinajstić information content (AvgIpc) is 3.48. The van der Waals surface area contributed by atoms with Crippen LogP contribution in [0.2, 0.25) is 0 Å². The molecule has 3 heterocycles. The van der Waals surface area contributed by atoms with Crippen LogP contribution in [0.25, 0.3) is 0 Å². The molecule has 44 heavy (non-hydrogen) atoms. The lowest BCUT2D eigenvalue weighted by molar-refractivity contribution is -0.401. The summed E-state index contributed by atoms with van der Waals surface area (Å²) >= 11 is 0. The highest BCUT2D eigenvalue weighted by Gasteiger charge is 2.42. The molecule has 0 spiro atoms. The van der Waals surface area contributed by atoms with E-state index in [0.717, 1.165) is 19.4 Å².